The first-order valence-corrected chi connectivity index (χ1v) is 11.7. The minimum atomic E-state index is -0.741. The van der Waals surface area contributed by atoms with Gasteiger partial charge in [-0.05, 0) is 78.4 Å². The predicted molar refractivity (Wildman–Crippen MR) is 123 cm³/mol. The molecule has 0 aliphatic carbocycles. The Morgan fingerprint density at radius 3 is 2.20 bits per heavy atom. The maximum absolute atomic E-state index is 13.4. The third kappa shape index (κ3) is 6.73. The number of hydrogen-bond donors (Lipinski definition) is 0. The van der Waals surface area contributed by atoms with Crippen LogP contribution in [0.1, 0.15) is 66.0 Å². The summed E-state index contributed by atoms with van der Waals surface area (Å²) in [4.78, 5) is 27.6. The summed E-state index contributed by atoms with van der Waals surface area (Å²) in [5.74, 6) is -0.220. The van der Waals surface area contributed by atoms with Gasteiger partial charge in [0.15, 0.2) is 0 Å². The van der Waals surface area contributed by atoms with Gasteiger partial charge in [-0.1, -0.05) is 40.2 Å². The Morgan fingerprint density at radius 1 is 1.03 bits per heavy atom. The minimum Gasteiger partial charge on any atom is -0.460 e. The van der Waals surface area contributed by atoms with Crippen LogP contribution in [0, 0.1) is 11.3 Å². The van der Waals surface area contributed by atoms with E-state index in [0.29, 0.717) is 19.5 Å². The third-order valence-corrected chi connectivity index (χ3v) is 5.97. The Bertz CT molecular complexity index is 765. The van der Waals surface area contributed by atoms with Gasteiger partial charge in [-0.2, -0.15) is 0 Å². The van der Waals surface area contributed by atoms with Crippen molar-refractivity contribution in [2.75, 3.05) is 13.1 Å². The average Bonchev–Trinajstić information content (AvgIpc) is 3.09. The van der Waals surface area contributed by atoms with Gasteiger partial charge in [0.2, 0.25) is 0 Å². The number of alkyl halides is 1. The van der Waals surface area contributed by atoms with Crippen LogP contribution < -0.4 is 0 Å². The first-order chi connectivity index (χ1) is 13.7. The molecule has 1 amide bonds. The second kappa shape index (κ2) is 9.29. The molecule has 1 aromatic carbocycles. The third-order valence-electron chi connectivity index (χ3n) is 5.32. The fourth-order valence-electron chi connectivity index (χ4n) is 3.80. The lowest BCUT2D eigenvalue weighted by molar-refractivity contribution is -0.170. The zero-order valence-electron chi connectivity index (χ0n) is 19.4. The molecule has 1 aliphatic rings. The topological polar surface area (TPSA) is 55.8 Å². The van der Waals surface area contributed by atoms with Crippen molar-refractivity contribution in [2.24, 2.45) is 11.3 Å². The molecule has 0 saturated carbocycles. The number of hydrogen-bond acceptors (Lipinski definition) is 4. The Morgan fingerprint density at radius 2 is 1.63 bits per heavy atom. The summed E-state index contributed by atoms with van der Waals surface area (Å²) < 4.78 is 11.4. The van der Waals surface area contributed by atoms with Crippen molar-refractivity contribution in [3.63, 3.8) is 0 Å². The monoisotopic (exact) mass is 481 g/mol. The maximum atomic E-state index is 13.4. The number of rotatable bonds is 5. The van der Waals surface area contributed by atoms with Crippen LogP contribution >= 0.6 is 15.9 Å². The number of nitrogens with zero attached hydrogens (tertiary/aromatic N) is 1. The molecule has 6 heteroatoms. The fourth-order valence-corrected chi connectivity index (χ4v) is 4.15. The summed E-state index contributed by atoms with van der Waals surface area (Å²) in [7, 11) is 0. The molecular weight excluding hydrogens is 446 g/mol. The molecule has 1 heterocycles. The summed E-state index contributed by atoms with van der Waals surface area (Å²) in [6.45, 7) is 14.3. The van der Waals surface area contributed by atoms with Crippen molar-refractivity contribution in [3.05, 3.63) is 35.4 Å². The molecule has 0 N–H and O–H groups in total. The number of likely N-dealkylation sites (tertiary alicyclic amines) is 1. The number of ether oxygens (including phenoxy) is 2. The van der Waals surface area contributed by atoms with Gasteiger partial charge in [0.1, 0.15) is 11.2 Å². The summed E-state index contributed by atoms with van der Waals surface area (Å²) >= 11 is 3.50. The van der Waals surface area contributed by atoms with Crippen LogP contribution in [-0.4, -0.2) is 41.3 Å². The van der Waals surface area contributed by atoms with E-state index < -0.39 is 16.6 Å². The molecule has 2 atom stereocenters. The number of carbonyl (C=O) groups excluding carboxylic acids is 2. The highest BCUT2D eigenvalue weighted by Crippen LogP contribution is 2.40. The highest BCUT2D eigenvalue weighted by molar-refractivity contribution is 9.08. The quantitative estimate of drug-likeness (QED) is 0.397. The van der Waals surface area contributed by atoms with Gasteiger partial charge in [0, 0.05) is 18.4 Å². The molecule has 5 nitrogen and oxygen atoms in total. The van der Waals surface area contributed by atoms with Crippen LogP contribution in [0.2, 0.25) is 0 Å². The lowest BCUT2D eigenvalue weighted by Gasteiger charge is -2.36. The van der Waals surface area contributed by atoms with E-state index in [-0.39, 0.29) is 18.0 Å². The second-order valence-electron chi connectivity index (χ2n) is 10.5. The summed E-state index contributed by atoms with van der Waals surface area (Å²) in [6, 6.07) is 8.25. The minimum absolute atomic E-state index is 0.00695. The van der Waals surface area contributed by atoms with E-state index >= 15 is 0 Å². The van der Waals surface area contributed by atoms with Crippen LogP contribution in [0.25, 0.3) is 0 Å². The van der Waals surface area contributed by atoms with Gasteiger partial charge in [0.05, 0.1) is 5.41 Å². The van der Waals surface area contributed by atoms with Crippen LogP contribution in [0.15, 0.2) is 24.3 Å². The zero-order valence-corrected chi connectivity index (χ0v) is 21.0. The Labute approximate surface area is 189 Å². The molecule has 0 bridgehead atoms. The molecule has 30 heavy (non-hydrogen) atoms. The molecule has 168 valence electrons. The van der Waals surface area contributed by atoms with Crippen molar-refractivity contribution >= 4 is 28.0 Å². The number of esters is 1. The summed E-state index contributed by atoms with van der Waals surface area (Å²) in [5, 5.41) is 0.764. The van der Waals surface area contributed by atoms with Gasteiger partial charge < -0.3 is 14.4 Å². The van der Waals surface area contributed by atoms with Crippen molar-refractivity contribution in [3.8, 4) is 0 Å². The number of amides is 1. The fraction of sp³-hybridized carbons (Fsp3) is 0.667. The number of halogens is 1. The standard InChI is InChI=1S/C24H36BrNO4/c1-22(2,3)29-20(27)24(7,14-17-9-8-10-18(13-17)15-25)19-11-12-26(16-19)21(28)30-23(4,5)6/h8-10,13,19H,11-12,14-16H2,1-7H3/t19-,24?/m0/s1. The number of benzene rings is 1. The van der Waals surface area contributed by atoms with E-state index in [2.05, 4.69) is 34.1 Å². The Hall–Kier alpha value is -1.56. The van der Waals surface area contributed by atoms with Crippen molar-refractivity contribution in [1.29, 1.82) is 0 Å². The SMILES string of the molecule is CC(C)(C)OC(=O)N1CC[C@H](C(C)(Cc2cccc(CBr)c2)C(=O)OC(C)(C)C)C1. The van der Waals surface area contributed by atoms with Gasteiger partial charge >= 0.3 is 12.1 Å². The van der Waals surface area contributed by atoms with E-state index in [1.54, 1.807) is 4.90 Å². The maximum Gasteiger partial charge on any atom is 0.410 e. The molecule has 2 rings (SSSR count). The van der Waals surface area contributed by atoms with Gasteiger partial charge in [-0.15, -0.1) is 0 Å². The molecule has 1 unspecified atom stereocenters. The average molecular weight is 482 g/mol. The molecule has 0 aromatic heterocycles. The Kier molecular flexibility index (Phi) is 7.65. The predicted octanol–water partition coefficient (Wildman–Crippen LogP) is 5.73. The van der Waals surface area contributed by atoms with E-state index in [0.717, 1.165) is 17.3 Å². The molecule has 0 radical (unpaired) electrons. The van der Waals surface area contributed by atoms with Crippen LogP contribution in [0.5, 0.6) is 0 Å². The smallest absolute Gasteiger partial charge is 0.410 e. The molecule has 1 fully saturated rings. The van der Waals surface area contributed by atoms with Crippen molar-refractivity contribution in [2.45, 2.75) is 77.8 Å². The lowest BCUT2D eigenvalue weighted by Crippen LogP contribution is -2.44. The van der Waals surface area contributed by atoms with Crippen LogP contribution in [0.3, 0.4) is 0 Å². The first kappa shape index (κ1) is 24.7. The lowest BCUT2D eigenvalue weighted by atomic mass is 9.72. The second-order valence-corrected chi connectivity index (χ2v) is 11.0. The largest absolute Gasteiger partial charge is 0.460 e. The molecule has 1 aromatic rings. The van der Waals surface area contributed by atoms with E-state index in [1.807, 2.05) is 54.5 Å². The molecule has 0 spiro atoms. The zero-order chi connectivity index (χ0) is 22.7. The summed E-state index contributed by atoms with van der Waals surface area (Å²) in [6.07, 6.45) is 0.987. The van der Waals surface area contributed by atoms with E-state index in [9.17, 15) is 9.59 Å². The highest BCUT2D eigenvalue weighted by Gasteiger charge is 2.47. The molecule has 1 aliphatic heterocycles. The van der Waals surface area contributed by atoms with Gasteiger partial charge in [-0.25, -0.2) is 4.79 Å². The van der Waals surface area contributed by atoms with Crippen molar-refractivity contribution in [1.82, 2.24) is 4.90 Å². The van der Waals surface area contributed by atoms with Crippen LogP contribution in [-0.2, 0) is 26.0 Å². The van der Waals surface area contributed by atoms with Gasteiger partial charge in [0.25, 0.3) is 0 Å². The van der Waals surface area contributed by atoms with E-state index in [4.69, 9.17) is 9.47 Å². The molecular formula is C24H36BrNO4. The summed E-state index contributed by atoms with van der Waals surface area (Å²) in [5.41, 5.74) is 0.408. The molecule has 1 saturated heterocycles. The normalized spacial score (nSPS) is 19.3. The van der Waals surface area contributed by atoms with Crippen LogP contribution in [0.4, 0.5) is 4.79 Å². The Balaban J connectivity index is 2.27. The number of carbonyl (C=O) groups is 2. The van der Waals surface area contributed by atoms with E-state index in [1.165, 1.54) is 5.56 Å². The van der Waals surface area contributed by atoms with Crippen molar-refractivity contribution < 1.29 is 19.1 Å². The highest BCUT2D eigenvalue weighted by atomic mass is 79.9. The first-order valence-electron chi connectivity index (χ1n) is 10.6. The van der Waals surface area contributed by atoms with Gasteiger partial charge in [-0.3, -0.25) is 4.79 Å².